The first-order valence-corrected chi connectivity index (χ1v) is 12.6. The molecule has 0 aliphatic carbocycles. The molecule has 0 heterocycles. The Morgan fingerprint density at radius 1 is 1.09 bits per heavy atom. The summed E-state index contributed by atoms with van der Waals surface area (Å²) in [6.07, 6.45) is 1.46. The van der Waals surface area contributed by atoms with Gasteiger partial charge in [-0.15, -0.1) is 0 Å². The maximum atomic E-state index is 13.7. The van der Waals surface area contributed by atoms with Crippen molar-refractivity contribution in [2.24, 2.45) is 0 Å². The number of aliphatic hydroxyl groups excluding tert-OH is 1. The largest absolute Gasteiger partial charge is 0.508 e. The molecule has 0 aliphatic rings. The Labute approximate surface area is 206 Å². The average Bonchev–Trinajstić information content (AvgIpc) is 2.69. The monoisotopic (exact) mass is 497 g/mol. The number of amides is 3. The van der Waals surface area contributed by atoms with E-state index in [1.165, 1.54) is 28.8 Å². The summed E-state index contributed by atoms with van der Waals surface area (Å²) in [6.45, 7) is 10.1. The Morgan fingerprint density at radius 2 is 1.68 bits per heavy atom. The SMILES string of the molecule is CSCCC(NC(=O)OC(C)(C)C)C(=O)N(CCO)C(C(=O)NC(C)(C)C)c1ccc(O)cc1. The number of nitrogens with zero attached hydrogens (tertiary/aromatic N) is 1. The van der Waals surface area contributed by atoms with Crippen LogP contribution in [-0.2, 0) is 14.3 Å². The zero-order valence-corrected chi connectivity index (χ0v) is 22.0. The van der Waals surface area contributed by atoms with E-state index in [0.29, 0.717) is 17.7 Å². The van der Waals surface area contributed by atoms with Gasteiger partial charge in [-0.1, -0.05) is 12.1 Å². The molecule has 1 rings (SSSR count). The van der Waals surface area contributed by atoms with Crippen LogP contribution in [0.4, 0.5) is 4.79 Å². The highest BCUT2D eigenvalue weighted by molar-refractivity contribution is 7.98. The summed E-state index contributed by atoms with van der Waals surface area (Å²) in [5, 5.41) is 25.0. The van der Waals surface area contributed by atoms with E-state index in [1.807, 2.05) is 27.0 Å². The van der Waals surface area contributed by atoms with Gasteiger partial charge in [-0.2, -0.15) is 11.8 Å². The number of carbonyl (C=O) groups is 3. The van der Waals surface area contributed by atoms with Crippen molar-refractivity contribution in [2.75, 3.05) is 25.2 Å². The number of hydrogen-bond acceptors (Lipinski definition) is 7. The van der Waals surface area contributed by atoms with Gasteiger partial charge < -0.3 is 30.5 Å². The number of carbonyl (C=O) groups excluding carboxylic acids is 3. The first kappa shape index (κ1) is 29.6. The lowest BCUT2D eigenvalue weighted by molar-refractivity contribution is -0.143. The van der Waals surface area contributed by atoms with Gasteiger partial charge in [0.2, 0.25) is 11.8 Å². The molecule has 4 N–H and O–H groups in total. The Bertz CT molecular complexity index is 817. The molecule has 0 radical (unpaired) electrons. The zero-order valence-electron chi connectivity index (χ0n) is 21.2. The summed E-state index contributed by atoms with van der Waals surface area (Å²) in [5.41, 5.74) is -0.863. The van der Waals surface area contributed by atoms with E-state index in [-0.39, 0.29) is 18.9 Å². The minimum absolute atomic E-state index is 0.0169. The molecular weight excluding hydrogens is 458 g/mol. The van der Waals surface area contributed by atoms with Crippen LogP contribution in [0.3, 0.4) is 0 Å². The number of aliphatic hydroxyl groups is 1. The lowest BCUT2D eigenvalue weighted by atomic mass is 10.00. The quantitative estimate of drug-likeness (QED) is 0.391. The highest BCUT2D eigenvalue weighted by Crippen LogP contribution is 2.25. The van der Waals surface area contributed by atoms with Gasteiger partial charge in [0.05, 0.1) is 6.61 Å². The number of nitrogens with one attached hydrogen (secondary N) is 2. The van der Waals surface area contributed by atoms with Crippen molar-refractivity contribution in [1.82, 2.24) is 15.5 Å². The number of thioether (sulfide) groups is 1. The van der Waals surface area contributed by atoms with Gasteiger partial charge >= 0.3 is 6.09 Å². The van der Waals surface area contributed by atoms with Crippen molar-refractivity contribution in [2.45, 2.75) is 71.2 Å². The molecular formula is C24H39N3O6S. The third-order valence-electron chi connectivity index (χ3n) is 4.49. The van der Waals surface area contributed by atoms with Crippen LogP contribution < -0.4 is 10.6 Å². The molecule has 2 atom stereocenters. The van der Waals surface area contributed by atoms with E-state index < -0.39 is 41.1 Å². The topological polar surface area (TPSA) is 128 Å². The van der Waals surface area contributed by atoms with Crippen molar-refractivity contribution in [1.29, 1.82) is 0 Å². The first-order chi connectivity index (χ1) is 15.7. The maximum Gasteiger partial charge on any atom is 0.408 e. The highest BCUT2D eigenvalue weighted by atomic mass is 32.2. The number of benzene rings is 1. The van der Waals surface area contributed by atoms with E-state index in [9.17, 15) is 24.6 Å². The molecule has 3 amide bonds. The minimum atomic E-state index is -1.09. The number of alkyl carbamates (subject to hydrolysis) is 1. The number of rotatable bonds is 10. The summed E-state index contributed by atoms with van der Waals surface area (Å²) in [7, 11) is 0. The number of ether oxygens (including phenoxy) is 1. The van der Waals surface area contributed by atoms with Crippen LogP contribution in [0.5, 0.6) is 5.75 Å². The van der Waals surface area contributed by atoms with Gasteiger partial charge in [0.1, 0.15) is 23.4 Å². The van der Waals surface area contributed by atoms with Crippen molar-refractivity contribution in [3.63, 3.8) is 0 Å². The molecule has 192 valence electrons. The Kier molecular flexibility index (Phi) is 11.2. The molecule has 10 heteroatoms. The van der Waals surface area contributed by atoms with E-state index in [0.717, 1.165) is 0 Å². The van der Waals surface area contributed by atoms with Crippen LogP contribution >= 0.6 is 11.8 Å². The molecule has 0 aliphatic heterocycles. The normalized spacial score (nSPS) is 13.5. The van der Waals surface area contributed by atoms with Crippen LogP contribution in [0.25, 0.3) is 0 Å². The smallest absolute Gasteiger partial charge is 0.408 e. The predicted octanol–water partition coefficient (Wildman–Crippen LogP) is 2.82. The number of hydrogen-bond donors (Lipinski definition) is 4. The maximum absolute atomic E-state index is 13.7. The fraction of sp³-hybridized carbons (Fsp3) is 0.625. The lowest BCUT2D eigenvalue weighted by Gasteiger charge is -2.35. The Balaban J connectivity index is 3.40. The van der Waals surface area contributed by atoms with E-state index in [4.69, 9.17) is 4.74 Å². The summed E-state index contributed by atoms with van der Waals surface area (Å²) in [4.78, 5) is 40.8. The molecule has 9 nitrogen and oxygen atoms in total. The standard InChI is InChI=1S/C24H39N3O6S/c1-23(2,3)26-20(30)19(16-8-10-17(29)11-9-16)27(13-14-28)21(31)18(12-15-34-7)25-22(32)33-24(4,5)6/h8-11,18-19,28-29H,12-15H2,1-7H3,(H,25,32)(H,26,30). The summed E-state index contributed by atoms with van der Waals surface area (Å²) in [5.74, 6) is -0.364. The molecule has 1 aromatic rings. The highest BCUT2D eigenvalue weighted by Gasteiger charge is 2.37. The molecule has 34 heavy (non-hydrogen) atoms. The molecule has 0 saturated heterocycles. The predicted molar refractivity (Wildman–Crippen MR) is 134 cm³/mol. The first-order valence-electron chi connectivity index (χ1n) is 11.2. The molecule has 0 spiro atoms. The van der Waals surface area contributed by atoms with E-state index >= 15 is 0 Å². The molecule has 1 aromatic carbocycles. The second kappa shape index (κ2) is 12.9. The summed E-state index contributed by atoms with van der Waals surface area (Å²) < 4.78 is 5.33. The van der Waals surface area contributed by atoms with Crippen molar-refractivity contribution >= 4 is 29.7 Å². The molecule has 2 unspecified atom stereocenters. The average molecular weight is 498 g/mol. The van der Waals surface area contributed by atoms with Gasteiger partial charge in [0, 0.05) is 12.1 Å². The second-order valence-electron chi connectivity index (χ2n) is 9.97. The van der Waals surface area contributed by atoms with Gasteiger partial charge in [0.25, 0.3) is 0 Å². The van der Waals surface area contributed by atoms with Crippen molar-refractivity contribution in [3.8, 4) is 5.75 Å². The number of phenols is 1. The summed E-state index contributed by atoms with van der Waals surface area (Å²) in [6, 6.07) is 3.92. The molecule has 0 bridgehead atoms. The van der Waals surface area contributed by atoms with E-state index in [1.54, 1.807) is 32.9 Å². The third-order valence-corrected chi connectivity index (χ3v) is 5.13. The molecule has 0 saturated carbocycles. The van der Waals surface area contributed by atoms with Crippen molar-refractivity contribution < 1.29 is 29.3 Å². The fourth-order valence-corrected chi connectivity index (χ4v) is 3.66. The fourth-order valence-electron chi connectivity index (χ4n) is 3.18. The lowest BCUT2D eigenvalue weighted by Crippen LogP contribution is -2.55. The van der Waals surface area contributed by atoms with Gasteiger partial charge in [0.15, 0.2) is 0 Å². The summed E-state index contributed by atoms with van der Waals surface area (Å²) >= 11 is 1.51. The van der Waals surface area contributed by atoms with Crippen LogP contribution in [0, 0.1) is 0 Å². The van der Waals surface area contributed by atoms with Gasteiger partial charge in [-0.25, -0.2) is 4.79 Å². The second-order valence-corrected chi connectivity index (χ2v) is 11.0. The van der Waals surface area contributed by atoms with Crippen molar-refractivity contribution in [3.05, 3.63) is 29.8 Å². The Hall–Kier alpha value is -2.46. The molecule has 0 fully saturated rings. The van der Waals surface area contributed by atoms with Crippen LogP contribution in [-0.4, -0.2) is 75.4 Å². The third kappa shape index (κ3) is 10.2. The minimum Gasteiger partial charge on any atom is -0.508 e. The van der Waals surface area contributed by atoms with E-state index in [2.05, 4.69) is 10.6 Å². The number of phenolic OH excluding ortho intramolecular Hbond substituents is 1. The van der Waals surface area contributed by atoms with Crippen LogP contribution in [0.1, 0.15) is 59.6 Å². The van der Waals surface area contributed by atoms with Crippen LogP contribution in [0.15, 0.2) is 24.3 Å². The van der Waals surface area contributed by atoms with Crippen LogP contribution in [0.2, 0.25) is 0 Å². The van der Waals surface area contributed by atoms with Gasteiger partial charge in [-0.05, 0) is 77.7 Å². The Morgan fingerprint density at radius 3 is 2.15 bits per heavy atom. The zero-order chi connectivity index (χ0) is 26.1. The molecule has 0 aromatic heterocycles. The number of aromatic hydroxyl groups is 1. The van der Waals surface area contributed by atoms with Gasteiger partial charge in [-0.3, -0.25) is 9.59 Å².